The first-order valence-electron chi connectivity index (χ1n) is 2.93. The SMILES string of the molecule is OCCOCCOB(O)O.[NaH]. The average molecular weight is 174 g/mol. The number of hydrogen-bond donors (Lipinski definition) is 3. The van der Waals surface area contributed by atoms with Crippen LogP contribution in [0.4, 0.5) is 0 Å². The summed E-state index contributed by atoms with van der Waals surface area (Å²) in [6.45, 7) is 0.558. The quantitative estimate of drug-likeness (QED) is 0.302. The Morgan fingerprint density at radius 3 is 2.18 bits per heavy atom. The Bertz CT molecular complexity index is 73.5. The number of ether oxygens (including phenoxy) is 1. The minimum absolute atomic E-state index is 0. The van der Waals surface area contributed by atoms with Crippen molar-refractivity contribution >= 4 is 36.9 Å². The summed E-state index contributed by atoms with van der Waals surface area (Å²) in [5.74, 6) is 0. The molecule has 7 heteroatoms. The number of aliphatic hydroxyl groups excluding tert-OH is 1. The van der Waals surface area contributed by atoms with Crippen LogP contribution in [0.25, 0.3) is 0 Å². The van der Waals surface area contributed by atoms with E-state index in [0.717, 1.165) is 0 Å². The van der Waals surface area contributed by atoms with Gasteiger partial charge in [0.1, 0.15) is 0 Å². The zero-order valence-corrected chi connectivity index (χ0v) is 5.56. The van der Waals surface area contributed by atoms with Gasteiger partial charge in [0, 0.05) is 0 Å². The Labute approximate surface area is 87.8 Å². The molecule has 0 aliphatic heterocycles. The third kappa shape index (κ3) is 13.8. The predicted molar refractivity (Wildman–Crippen MR) is 41.2 cm³/mol. The fourth-order valence-electron chi connectivity index (χ4n) is 0.379. The summed E-state index contributed by atoms with van der Waals surface area (Å²) in [6.07, 6.45) is 0. The van der Waals surface area contributed by atoms with Crippen molar-refractivity contribution in [3.63, 3.8) is 0 Å². The van der Waals surface area contributed by atoms with Crippen LogP contribution in [0.1, 0.15) is 0 Å². The summed E-state index contributed by atoms with van der Waals surface area (Å²) in [5.41, 5.74) is 0. The molecule has 0 heterocycles. The molecule has 0 spiro atoms. The van der Waals surface area contributed by atoms with Gasteiger partial charge in [0.15, 0.2) is 0 Å². The van der Waals surface area contributed by atoms with Gasteiger partial charge in [-0.1, -0.05) is 0 Å². The van der Waals surface area contributed by atoms with E-state index in [0.29, 0.717) is 0 Å². The molecule has 0 saturated carbocycles. The number of rotatable bonds is 6. The normalized spacial score (nSPS) is 9.00. The van der Waals surface area contributed by atoms with E-state index in [1.807, 2.05) is 0 Å². The van der Waals surface area contributed by atoms with E-state index >= 15 is 0 Å². The first-order valence-corrected chi connectivity index (χ1v) is 2.93. The van der Waals surface area contributed by atoms with Gasteiger partial charge in [0.25, 0.3) is 0 Å². The van der Waals surface area contributed by atoms with Crippen molar-refractivity contribution in [3.05, 3.63) is 0 Å². The number of hydrogen-bond acceptors (Lipinski definition) is 5. The van der Waals surface area contributed by atoms with Gasteiger partial charge < -0.3 is 24.5 Å². The van der Waals surface area contributed by atoms with E-state index in [2.05, 4.69) is 4.65 Å². The molecular weight excluding hydrogens is 162 g/mol. The molecule has 0 rings (SSSR count). The third-order valence-electron chi connectivity index (χ3n) is 0.730. The summed E-state index contributed by atoms with van der Waals surface area (Å²) < 4.78 is 9.03. The van der Waals surface area contributed by atoms with E-state index < -0.39 is 7.32 Å². The minimum atomic E-state index is -1.74. The first-order chi connectivity index (χ1) is 4.77. The molecule has 0 bridgehead atoms. The van der Waals surface area contributed by atoms with Crippen LogP contribution in [0, 0.1) is 0 Å². The van der Waals surface area contributed by atoms with Gasteiger partial charge in [-0.05, 0) is 0 Å². The molecule has 0 aromatic heterocycles. The van der Waals surface area contributed by atoms with Crippen molar-refractivity contribution in [2.75, 3.05) is 26.4 Å². The van der Waals surface area contributed by atoms with Crippen molar-refractivity contribution in [1.29, 1.82) is 0 Å². The summed E-state index contributed by atoms with van der Waals surface area (Å²) in [7, 11) is -1.74. The maximum absolute atomic E-state index is 8.21. The standard InChI is InChI=1S/C4H11BO5.Na.H/c6-1-2-9-3-4-10-5(7)8;;/h6-8H,1-4H2;;. The van der Waals surface area contributed by atoms with Gasteiger partial charge >= 0.3 is 36.9 Å². The van der Waals surface area contributed by atoms with Crippen molar-refractivity contribution in [3.8, 4) is 0 Å². The molecule has 0 aliphatic rings. The summed E-state index contributed by atoms with van der Waals surface area (Å²) in [5, 5.41) is 24.5. The summed E-state index contributed by atoms with van der Waals surface area (Å²) >= 11 is 0. The molecule has 5 nitrogen and oxygen atoms in total. The molecular formula is C4H12BNaO5. The molecule has 11 heavy (non-hydrogen) atoms. The molecule has 0 aromatic rings. The maximum atomic E-state index is 8.21. The zero-order chi connectivity index (χ0) is 7.82. The third-order valence-corrected chi connectivity index (χ3v) is 0.730. The summed E-state index contributed by atoms with van der Waals surface area (Å²) in [6, 6.07) is 0. The Morgan fingerprint density at radius 1 is 1.09 bits per heavy atom. The Morgan fingerprint density at radius 2 is 1.73 bits per heavy atom. The van der Waals surface area contributed by atoms with E-state index in [4.69, 9.17) is 19.9 Å². The average Bonchev–Trinajstić information content (AvgIpc) is 1.87. The second-order valence-corrected chi connectivity index (χ2v) is 1.53. The Kier molecular flexibility index (Phi) is 14.2. The van der Waals surface area contributed by atoms with Gasteiger partial charge in [-0.3, -0.25) is 0 Å². The van der Waals surface area contributed by atoms with Crippen LogP contribution in [0.3, 0.4) is 0 Å². The van der Waals surface area contributed by atoms with Crippen LogP contribution in [0.2, 0.25) is 0 Å². The van der Waals surface area contributed by atoms with Crippen molar-refractivity contribution in [1.82, 2.24) is 0 Å². The Hall–Kier alpha value is 0.865. The van der Waals surface area contributed by atoms with Crippen LogP contribution in [0.5, 0.6) is 0 Å². The van der Waals surface area contributed by atoms with Gasteiger partial charge in [0.05, 0.1) is 26.4 Å². The molecule has 0 aliphatic carbocycles. The monoisotopic (exact) mass is 174 g/mol. The molecule has 0 radical (unpaired) electrons. The van der Waals surface area contributed by atoms with Gasteiger partial charge in [-0.15, -0.1) is 0 Å². The molecule has 0 aromatic carbocycles. The molecule has 0 fully saturated rings. The second kappa shape index (κ2) is 10.9. The molecule has 0 atom stereocenters. The summed E-state index contributed by atoms with van der Waals surface area (Å²) in [4.78, 5) is 0. The van der Waals surface area contributed by atoms with Gasteiger partial charge in [0.2, 0.25) is 0 Å². The van der Waals surface area contributed by atoms with E-state index in [-0.39, 0.29) is 56.0 Å². The first kappa shape index (κ1) is 14.4. The second-order valence-electron chi connectivity index (χ2n) is 1.53. The van der Waals surface area contributed by atoms with Crippen molar-refractivity contribution < 1.29 is 24.5 Å². The molecule has 62 valence electrons. The predicted octanol–water partition coefficient (Wildman–Crippen LogP) is -2.67. The van der Waals surface area contributed by atoms with E-state index in [1.54, 1.807) is 0 Å². The van der Waals surface area contributed by atoms with Crippen LogP contribution < -0.4 is 0 Å². The van der Waals surface area contributed by atoms with Gasteiger partial charge in [-0.25, -0.2) is 0 Å². The fraction of sp³-hybridized carbons (Fsp3) is 1.00. The van der Waals surface area contributed by atoms with E-state index in [9.17, 15) is 0 Å². The van der Waals surface area contributed by atoms with Crippen LogP contribution >= 0.6 is 0 Å². The van der Waals surface area contributed by atoms with Crippen LogP contribution in [-0.2, 0) is 9.39 Å². The fourth-order valence-corrected chi connectivity index (χ4v) is 0.379. The molecule has 3 N–H and O–H groups in total. The van der Waals surface area contributed by atoms with Crippen LogP contribution in [-0.4, -0.2) is 78.5 Å². The topological polar surface area (TPSA) is 79.2 Å². The molecule has 0 saturated heterocycles. The molecule has 0 unspecified atom stereocenters. The zero-order valence-electron chi connectivity index (χ0n) is 5.56. The van der Waals surface area contributed by atoms with Gasteiger partial charge in [-0.2, -0.15) is 0 Å². The van der Waals surface area contributed by atoms with Crippen molar-refractivity contribution in [2.45, 2.75) is 0 Å². The van der Waals surface area contributed by atoms with Crippen molar-refractivity contribution in [2.24, 2.45) is 0 Å². The van der Waals surface area contributed by atoms with Crippen LogP contribution in [0.15, 0.2) is 0 Å². The number of aliphatic hydroxyl groups is 1. The Balaban J connectivity index is 0. The molecule has 0 amide bonds. The van der Waals surface area contributed by atoms with E-state index in [1.165, 1.54) is 0 Å².